The SMILES string of the molecule is CN1Cc2ccccc2N(CCCCN)C1=O. The first-order valence-corrected chi connectivity index (χ1v) is 6.04. The minimum Gasteiger partial charge on any atom is -0.330 e. The molecule has 1 aliphatic heterocycles. The van der Waals surface area contributed by atoms with Gasteiger partial charge in [0.1, 0.15) is 0 Å². The topological polar surface area (TPSA) is 49.6 Å². The van der Waals surface area contributed by atoms with Crippen LogP contribution < -0.4 is 10.6 Å². The maximum absolute atomic E-state index is 12.1. The normalized spacial score (nSPS) is 15.1. The molecule has 1 heterocycles. The highest BCUT2D eigenvalue weighted by atomic mass is 16.2. The van der Waals surface area contributed by atoms with Gasteiger partial charge in [0, 0.05) is 20.1 Å². The third kappa shape index (κ3) is 2.42. The molecule has 2 rings (SSSR count). The van der Waals surface area contributed by atoms with Gasteiger partial charge in [-0.25, -0.2) is 4.79 Å². The van der Waals surface area contributed by atoms with Gasteiger partial charge in [-0.1, -0.05) is 18.2 Å². The second kappa shape index (κ2) is 5.19. The van der Waals surface area contributed by atoms with Crippen LogP contribution >= 0.6 is 0 Å². The Labute approximate surface area is 102 Å². The summed E-state index contributed by atoms with van der Waals surface area (Å²) in [7, 11) is 1.84. The quantitative estimate of drug-likeness (QED) is 0.806. The van der Waals surface area contributed by atoms with Gasteiger partial charge < -0.3 is 10.6 Å². The highest BCUT2D eigenvalue weighted by molar-refractivity contribution is 5.94. The fourth-order valence-electron chi connectivity index (χ4n) is 2.17. The molecule has 0 bridgehead atoms. The van der Waals surface area contributed by atoms with Crippen LogP contribution in [0.4, 0.5) is 10.5 Å². The Hall–Kier alpha value is -1.55. The molecular formula is C13H19N3O. The number of nitrogens with two attached hydrogens (primary N) is 1. The minimum absolute atomic E-state index is 0.0840. The number of nitrogens with zero attached hydrogens (tertiary/aromatic N) is 2. The Bertz CT molecular complexity index is 405. The van der Waals surface area contributed by atoms with Crippen molar-refractivity contribution in [2.45, 2.75) is 19.4 Å². The van der Waals surface area contributed by atoms with E-state index in [0.717, 1.165) is 25.1 Å². The summed E-state index contributed by atoms with van der Waals surface area (Å²) in [4.78, 5) is 15.7. The number of rotatable bonds is 4. The number of benzene rings is 1. The second-order valence-electron chi connectivity index (χ2n) is 4.41. The molecule has 0 saturated carbocycles. The van der Waals surface area contributed by atoms with Gasteiger partial charge in [-0.3, -0.25) is 4.90 Å². The first kappa shape index (κ1) is 11.9. The summed E-state index contributed by atoms with van der Waals surface area (Å²) >= 11 is 0. The van der Waals surface area contributed by atoms with Crippen molar-refractivity contribution >= 4 is 11.7 Å². The maximum atomic E-state index is 12.1. The van der Waals surface area contributed by atoms with E-state index in [0.29, 0.717) is 13.1 Å². The van der Waals surface area contributed by atoms with E-state index in [-0.39, 0.29) is 6.03 Å². The third-order valence-electron chi connectivity index (χ3n) is 3.08. The van der Waals surface area contributed by atoms with Gasteiger partial charge >= 0.3 is 6.03 Å². The van der Waals surface area contributed by atoms with Crippen molar-refractivity contribution in [2.24, 2.45) is 5.73 Å². The molecule has 4 nitrogen and oxygen atoms in total. The van der Waals surface area contributed by atoms with Gasteiger partial charge in [-0.15, -0.1) is 0 Å². The number of fused-ring (bicyclic) bond motifs is 1. The van der Waals surface area contributed by atoms with E-state index in [1.165, 1.54) is 5.56 Å². The Morgan fingerprint density at radius 3 is 2.82 bits per heavy atom. The third-order valence-corrected chi connectivity index (χ3v) is 3.08. The van der Waals surface area contributed by atoms with Crippen LogP contribution in [0.2, 0.25) is 0 Å². The molecule has 4 heteroatoms. The van der Waals surface area contributed by atoms with Crippen molar-refractivity contribution in [3.63, 3.8) is 0 Å². The molecule has 0 aliphatic carbocycles. The lowest BCUT2D eigenvalue weighted by atomic mass is 10.1. The first-order chi connectivity index (χ1) is 8.24. The lowest BCUT2D eigenvalue weighted by molar-refractivity contribution is 0.210. The number of hydrogen-bond donors (Lipinski definition) is 1. The van der Waals surface area contributed by atoms with Crippen LogP contribution in [-0.4, -0.2) is 31.1 Å². The van der Waals surface area contributed by atoms with Crippen LogP contribution in [0.25, 0.3) is 0 Å². The molecule has 0 saturated heterocycles. The standard InChI is InChI=1S/C13H19N3O/c1-15-10-11-6-2-3-7-12(11)16(13(15)17)9-5-4-8-14/h2-3,6-7H,4-5,8-10,14H2,1H3. The van der Waals surface area contributed by atoms with E-state index in [9.17, 15) is 4.79 Å². The highest BCUT2D eigenvalue weighted by Gasteiger charge is 2.26. The molecule has 1 aliphatic rings. The predicted octanol–water partition coefficient (Wildman–Crippen LogP) is 1.80. The van der Waals surface area contributed by atoms with Crippen molar-refractivity contribution in [2.75, 3.05) is 25.0 Å². The lowest BCUT2D eigenvalue weighted by Crippen LogP contribution is -2.45. The van der Waals surface area contributed by atoms with Gasteiger partial charge in [0.15, 0.2) is 0 Å². The Balaban J connectivity index is 2.20. The largest absolute Gasteiger partial charge is 0.330 e. The highest BCUT2D eigenvalue weighted by Crippen LogP contribution is 2.27. The molecule has 2 N–H and O–H groups in total. The smallest absolute Gasteiger partial charge is 0.324 e. The number of carbonyl (C=O) groups excluding carboxylic acids is 1. The zero-order valence-electron chi connectivity index (χ0n) is 10.2. The minimum atomic E-state index is 0.0840. The molecule has 0 atom stereocenters. The van der Waals surface area contributed by atoms with E-state index in [1.807, 2.05) is 30.1 Å². The van der Waals surface area contributed by atoms with Crippen molar-refractivity contribution in [3.05, 3.63) is 29.8 Å². The van der Waals surface area contributed by atoms with Crippen molar-refractivity contribution in [1.82, 2.24) is 4.90 Å². The molecule has 0 spiro atoms. The van der Waals surface area contributed by atoms with E-state index in [4.69, 9.17) is 5.73 Å². The molecule has 2 amide bonds. The van der Waals surface area contributed by atoms with Gasteiger partial charge in [0.2, 0.25) is 0 Å². The monoisotopic (exact) mass is 233 g/mol. The fraction of sp³-hybridized carbons (Fsp3) is 0.462. The molecule has 0 radical (unpaired) electrons. The van der Waals surface area contributed by atoms with Crippen molar-refractivity contribution in [3.8, 4) is 0 Å². The van der Waals surface area contributed by atoms with Crippen LogP contribution in [0.5, 0.6) is 0 Å². The summed E-state index contributed by atoms with van der Waals surface area (Å²) in [5.74, 6) is 0. The Kier molecular flexibility index (Phi) is 3.64. The number of urea groups is 1. The number of carbonyl (C=O) groups is 1. The van der Waals surface area contributed by atoms with Crippen LogP contribution in [0.1, 0.15) is 18.4 Å². The lowest BCUT2D eigenvalue weighted by Gasteiger charge is -2.35. The molecule has 1 aromatic carbocycles. The van der Waals surface area contributed by atoms with Crippen LogP contribution in [0, 0.1) is 0 Å². The number of amides is 2. The number of para-hydroxylation sites is 1. The maximum Gasteiger partial charge on any atom is 0.324 e. The van der Waals surface area contributed by atoms with E-state index < -0.39 is 0 Å². The van der Waals surface area contributed by atoms with Crippen LogP contribution in [0.15, 0.2) is 24.3 Å². The van der Waals surface area contributed by atoms with Crippen molar-refractivity contribution in [1.29, 1.82) is 0 Å². The summed E-state index contributed by atoms with van der Waals surface area (Å²) in [5.41, 5.74) is 7.75. The van der Waals surface area contributed by atoms with Gasteiger partial charge in [-0.05, 0) is 31.0 Å². The zero-order valence-corrected chi connectivity index (χ0v) is 10.2. The zero-order chi connectivity index (χ0) is 12.3. The number of anilines is 1. The average Bonchev–Trinajstić information content (AvgIpc) is 2.34. The molecule has 0 unspecified atom stereocenters. The van der Waals surface area contributed by atoms with E-state index in [1.54, 1.807) is 4.90 Å². The van der Waals surface area contributed by atoms with E-state index >= 15 is 0 Å². The summed E-state index contributed by atoms with van der Waals surface area (Å²) in [5, 5.41) is 0. The van der Waals surface area contributed by atoms with E-state index in [2.05, 4.69) is 6.07 Å². The summed E-state index contributed by atoms with van der Waals surface area (Å²) < 4.78 is 0. The molecular weight excluding hydrogens is 214 g/mol. The summed E-state index contributed by atoms with van der Waals surface area (Å²) in [6, 6.07) is 8.17. The molecule has 0 aromatic heterocycles. The van der Waals surface area contributed by atoms with Gasteiger partial charge in [0.05, 0.1) is 5.69 Å². The fourth-order valence-corrected chi connectivity index (χ4v) is 2.17. The average molecular weight is 233 g/mol. The predicted molar refractivity (Wildman–Crippen MR) is 68.9 cm³/mol. The first-order valence-electron chi connectivity index (χ1n) is 6.04. The number of hydrogen-bond acceptors (Lipinski definition) is 2. The Morgan fingerprint density at radius 1 is 1.29 bits per heavy atom. The van der Waals surface area contributed by atoms with Crippen LogP contribution in [-0.2, 0) is 6.54 Å². The molecule has 92 valence electrons. The molecule has 1 aromatic rings. The summed E-state index contributed by atoms with van der Waals surface area (Å²) in [6.45, 7) is 2.12. The molecule has 0 fully saturated rings. The molecule has 17 heavy (non-hydrogen) atoms. The second-order valence-corrected chi connectivity index (χ2v) is 4.41. The van der Waals surface area contributed by atoms with Crippen molar-refractivity contribution < 1.29 is 4.79 Å². The van der Waals surface area contributed by atoms with Crippen LogP contribution in [0.3, 0.4) is 0 Å². The van der Waals surface area contributed by atoms with Gasteiger partial charge in [0.25, 0.3) is 0 Å². The number of unbranched alkanes of at least 4 members (excludes halogenated alkanes) is 1. The Morgan fingerprint density at radius 2 is 2.06 bits per heavy atom. The van der Waals surface area contributed by atoms with Gasteiger partial charge in [-0.2, -0.15) is 0 Å². The summed E-state index contributed by atoms with van der Waals surface area (Å²) in [6.07, 6.45) is 1.90.